The molecule has 1 aliphatic carbocycles. The van der Waals surface area contributed by atoms with Crippen LogP contribution in [-0.4, -0.2) is 60.1 Å². The predicted octanol–water partition coefficient (Wildman–Crippen LogP) is 2.93. The number of hydrogen-bond donors (Lipinski definition) is 2. The lowest BCUT2D eigenvalue weighted by molar-refractivity contribution is -0.149. The molecule has 2 rings (SSSR count). The zero-order valence-electron chi connectivity index (χ0n) is 21.9. The van der Waals surface area contributed by atoms with E-state index in [1.54, 1.807) is 58.9 Å². The topological polar surface area (TPSA) is 114 Å². The van der Waals surface area contributed by atoms with Crippen molar-refractivity contribution in [1.29, 1.82) is 0 Å². The third kappa shape index (κ3) is 7.48. The summed E-state index contributed by atoms with van der Waals surface area (Å²) in [6, 6.07) is 4.58. The first-order chi connectivity index (χ1) is 16.9. The molecule has 0 radical (unpaired) electrons. The lowest BCUT2D eigenvalue weighted by atomic mass is 9.86. The van der Waals surface area contributed by atoms with E-state index in [2.05, 4.69) is 21.3 Å². The molecule has 0 aromatic heterocycles. The van der Waals surface area contributed by atoms with E-state index in [4.69, 9.17) is 11.2 Å². The summed E-state index contributed by atoms with van der Waals surface area (Å²) in [7, 11) is 1.22. The lowest BCUT2D eigenvalue weighted by Gasteiger charge is -2.44. The highest BCUT2D eigenvalue weighted by Gasteiger charge is 2.43. The summed E-state index contributed by atoms with van der Waals surface area (Å²) in [6.45, 7) is 8.45. The molecule has 1 saturated carbocycles. The highest BCUT2D eigenvalue weighted by atomic mass is 16.6. The molecule has 2 unspecified atom stereocenters. The third-order valence-electron chi connectivity index (χ3n) is 5.90. The van der Waals surface area contributed by atoms with E-state index in [0.717, 1.165) is 6.42 Å². The summed E-state index contributed by atoms with van der Waals surface area (Å²) in [5.74, 6) is 0.673. The molecule has 3 amide bonds. The van der Waals surface area contributed by atoms with Gasteiger partial charge in [-0.05, 0) is 57.6 Å². The van der Waals surface area contributed by atoms with E-state index in [0.29, 0.717) is 24.0 Å². The zero-order valence-corrected chi connectivity index (χ0v) is 21.9. The molecule has 0 saturated heterocycles. The van der Waals surface area contributed by atoms with Crippen molar-refractivity contribution >= 4 is 23.9 Å². The fraction of sp³-hybridized carbons (Fsp3) is 0.556. The van der Waals surface area contributed by atoms with Gasteiger partial charge in [-0.3, -0.25) is 14.4 Å². The maximum Gasteiger partial charge on any atom is 0.408 e. The molecular weight excluding hydrogens is 462 g/mol. The van der Waals surface area contributed by atoms with Crippen molar-refractivity contribution in [2.24, 2.45) is 5.92 Å². The van der Waals surface area contributed by atoms with E-state index < -0.39 is 41.6 Å². The molecule has 36 heavy (non-hydrogen) atoms. The first-order valence-corrected chi connectivity index (χ1v) is 12.1. The van der Waals surface area contributed by atoms with Crippen LogP contribution in [0.15, 0.2) is 24.3 Å². The Kier molecular flexibility index (Phi) is 9.91. The van der Waals surface area contributed by atoms with Crippen LogP contribution >= 0.6 is 0 Å². The summed E-state index contributed by atoms with van der Waals surface area (Å²) >= 11 is 0. The first kappa shape index (κ1) is 28.7. The summed E-state index contributed by atoms with van der Waals surface area (Å²) in [6.07, 6.45) is 7.30. The molecule has 196 valence electrons. The molecule has 2 N–H and O–H groups in total. The van der Waals surface area contributed by atoms with Crippen LogP contribution < -0.4 is 10.6 Å². The average molecular weight is 500 g/mol. The second-order valence-electron chi connectivity index (χ2n) is 10.1. The van der Waals surface area contributed by atoms with Crippen LogP contribution in [0.3, 0.4) is 0 Å². The Morgan fingerprint density at radius 1 is 1.17 bits per heavy atom. The van der Waals surface area contributed by atoms with E-state index in [-0.39, 0.29) is 18.5 Å². The molecular formula is C27H37N3O6. The Morgan fingerprint density at radius 3 is 2.31 bits per heavy atom. The van der Waals surface area contributed by atoms with E-state index in [1.165, 1.54) is 12.0 Å². The van der Waals surface area contributed by atoms with Crippen LogP contribution in [0.25, 0.3) is 0 Å². The van der Waals surface area contributed by atoms with Crippen molar-refractivity contribution in [2.75, 3.05) is 13.7 Å². The van der Waals surface area contributed by atoms with Gasteiger partial charge in [0.25, 0.3) is 0 Å². The highest BCUT2D eigenvalue weighted by molar-refractivity contribution is 5.94. The Balaban J connectivity index is 2.52. The minimum Gasteiger partial charge on any atom is -0.468 e. The van der Waals surface area contributed by atoms with Gasteiger partial charge in [0.1, 0.15) is 24.2 Å². The monoisotopic (exact) mass is 499 g/mol. The van der Waals surface area contributed by atoms with Gasteiger partial charge < -0.3 is 25.0 Å². The van der Waals surface area contributed by atoms with Crippen molar-refractivity contribution in [3.8, 4) is 12.3 Å². The molecule has 0 heterocycles. The number of benzene rings is 1. The lowest BCUT2D eigenvalue weighted by Crippen LogP contribution is -2.59. The van der Waals surface area contributed by atoms with Crippen molar-refractivity contribution in [2.45, 2.75) is 77.6 Å². The van der Waals surface area contributed by atoms with Gasteiger partial charge in [0.05, 0.1) is 7.11 Å². The number of nitrogens with one attached hydrogen (secondary N) is 2. The number of hydrogen-bond acceptors (Lipinski definition) is 6. The molecule has 1 aromatic carbocycles. The molecule has 1 fully saturated rings. The number of terminal acetylenes is 1. The maximum absolute atomic E-state index is 14.1. The van der Waals surface area contributed by atoms with Crippen molar-refractivity contribution in [3.63, 3.8) is 0 Å². The first-order valence-electron chi connectivity index (χ1n) is 12.1. The zero-order chi connectivity index (χ0) is 27.0. The van der Waals surface area contributed by atoms with Crippen molar-refractivity contribution < 1.29 is 28.7 Å². The summed E-state index contributed by atoms with van der Waals surface area (Å²) < 4.78 is 10.0. The number of carbonyl (C=O) groups is 4. The number of methoxy groups -OCH3 is 1. The van der Waals surface area contributed by atoms with Crippen molar-refractivity contribution in [3.05, 3.63) is 35.4 Å². The second-order valence-corrected chi connectivity index (χ2v) is 10.1. The van der Waals surface area contributed by atoms with Crippen molar-refractivity contribution in [1.82, 2.24) is 15.5 Å². The van der Waals surface area contributed by atoms with Gasteiger partial charge in [0.15, 0.2) is 0 Å². The molecule has 0 spiro atoms. The maximum atomic E-state index is 14.1. The second kappa shape index (κ2) is 12.4. The summed E-state index contributed by atoms with van der Waals surface area (Å²) in [5, 5.41) is 5.26. The minimum absolute atomic E-state index is 0.237. The number of carbonyl (C=O) groups excluding carboxylic acids is 4. The van der Waals surface area contributed by atoms with Crippen LogP contribution in [0, 0.1) is 18.3 Å². The van der Waals surface area contributed by atoms with Gasteiger partial charge in [0, 0.05) is 11.6 Å². The fourth-order valence-electron chi connectivity index (χ4n) is 3.90. The van der Waals surface area contributed by atoms with E-state index in [9.17, 15) is 19.2 Å². The SMILES string of the molecule is C#Cc1ccccc1C(C(=O)NCC(=O)OC)N(C(=O)C(NC(=O)OC(C)(C)C)C(C)C)C1CCC1. The van der Waals surface area contributed by atoms with Crippen LogP contribution in [0.4, 0.5) is 4.79 Å². The molecule has 0 bridgehead atoms. The highest BCUT2D eigenvalue weighted by Crippen LogP contribution is 2.35. The van der Waals surface area contributed by atoms with Gasteiger partial charge >= 0.3 is 12.1 Å². The Labute approximate surface area is 213 Å². The largest absolute Gasteiger partial charge is 0.468 e. The smallest absolute Gasteiger partial charge is 0.408 e. The Morgan fingerprint density at radius 2 is 1.81 bits per heavy atom. The Hall–Kier alpha value is -3.54. The van der Waals surface area contributed by atoms with Gasteiger partial charge in [0.2, 0.25) is 11.8 Å². The van der Waals surface area contributed by atoms with Gasteiger partial charge in [-0.2, -0.15) is 0 Å². The van der Waals surface area contributed by atoms with E-state index >= 15 is 0 Å². The number of ether oxygens (including phenoxy) is 2. The quantitative estimate of drug-likeness (QED) is 0.399. The molecule has 9 heteroatoms. The number of amides is 3. The Bertz CT molecular complexity index is 1000. The van der Waals surface area contributed by atoms with Crippen LogP contribution in [0.5, 0.6) is 0 Å². The molecule has 0 aliphatic heterocycles. The number of rotatable bonds is 9. The van der Waals surface area contributed by atoms with Gasteiger partial charge in [-0.15, -0.1) is 6.42 Å². The van der Waals surface area contributed by atoms with E-state index in [1.807, 2.05) is 0 Å². The average Bonchev–Trinajstić information content (AvgIpc) is 2.77. The molecule has 1 aromatic rings. The number of alkyl carbamates (subject to hydrolysis) is 1. The van der Waals surface area contributed by atoms with Gasteiger partial charge in [-0.1, -0.05) is 38.0 Å². The summed E-state index contributed by atoms with van der Waals surface area (Å²) in [4.78, 5) is 53.4. The molecule has 9 nitrogen and oxygen atoms in total. The predicted molar refractivity (Wildman–Crippen MR) is 135 cm³/mol. The number of nitrogens with zero attached hydrogens (tertiary/aromatic N) is 1. The van der Waals surface area contributed by atoms with Crippen LogP contribution in [0.1, 0.15) is 71.0 Å². The minimum atomic E-state index is -1.11. The van der Waals surface area contributed by atoms with Crippen LogP contribution in [0.2, 0.25) is 0 Å². The normalized spacial score (nSPS) is 15.1. The summed E-state index contributed by atoms with van der Waals surface area (Å²) in [5.41, 5.74) is 0.168. The molecule has 2 atom stereocenters. The van der Waals surface area contributed by atoms with Crippen LogP contribution in [-0.2, 0) is 23.9 Å². The van der Waals surface area contributed by atoms with Gasteiger partial charge in [-0.25, -0.2) is 4.79 Å². The third-order valence-corrected chi connectivity index (χ3v) is 5.90. The molecule has 1 aliphatic rings. The number of esters is 1. The standard InChI is InChI=1S/C27H37N3O6/c1-8-18-12-9-10-15-20(18)23(24(32)28-16-21(31)35-7)30(19-13-11-14-19)25(33)22(17(2)3)29-26(34)36-27(4,5)6/h1,9-10,12,15,17,19,22-23H,11,13-14,16H2,2-7H3,(H,28,32)(H,29,34). The fourth-order valence-corrected chi connectivity index (χ4v) is 3.90.